The molecule has 0 saturated carbocycles. The molecule has 3 aliphatic heterocycles. The molecule has 3 fully saturated rings. The largest absolute Gasteiger partial charge is 0.442 e. The van der Waals surface area contributed by atoms with Crippen LogP contribution in [-0.2, 0) is 14.3 Å². The van der Waals surface area contributed by atoms with E-state index < -0.39 is 18.0 Å². The third-order valence-corrected chi connectivity index (χ3v) is 7.68. The Balaban J connectivity index is 1.18. The highest BCUT2D eigenvalue weighted by atomic mass is 32.2. The van der Waals surface area contributed by atoms with Gasteiger partial charge in [-0.2, -0.15) is 0 Å². The maximum Gasteiger partial charge on any atom is 0.414 e. The van der Waals surface area contributed by atoms with E-state index in [-0.39, 0.29) is 24.9 Å². The number of ether oxygens (including phenoxy) is 1. The number of cyclic esters (lactones) is 1. The number of anilines is 3. The summed E-state index contributed by atoms with van der Waals surface area (Å²) in [6.07, 6.45) is 0.780. The molecule has 0 bridgehead atoms. The van der Waals surface area contributed by atoms with Crippen molar-refractivity contribution in [3.05, 3.63) is 58.8 Å². The van der Waals surface area contributed by atoms with Crippen LogP contribution in [0.1, 0.15) is 12.5 Å². The highest BCUT2D eigenvalue weighted by Crippen LogP contribution is 2.30. The molecule has 1 atom stereocenters. The molecular formula is C26H26FN5O4S2. The molecule has 0 spiro atoms. The first-order valence-electron chi connectivity index (χ1n) is 12.1. The van der Waals surface area contributed by atoms with E-state index in [0.29, 0.717) is 33.7 Å². The second-order valence-electron chi connectivity index (χ2n) is 9.11. The first kappa shape index (κ1) is 26.0. The van der Waals surface area contributed by atoms with Crippen LogP contribution in [0.25, 0.3) is 6.08 Å². The van der Waals surface area contributed by atoms with Gasteiger partial charge in [-0.1, -0.05) is 36.1 Å². The third-order valence-electron chi connectivity index (χ3n) is 6.51. The second kappa shape index (κ2) is 11.0. The molecule has 3 amide bonds. The number of carbonyl (C=O) groups is 3. The normalized spacial score (nSPS) is 20.7. The maximum absolute atomic E-state index is 15.1. The van der Waals surface area contributed by atoms with Gasteiger partial charge in [-0.3, -0.25) is 14.5 Å². The van der Waals surface area contributed by atoms with Crippen LogP contribution in [0.5, 0.6) is 0 Å². The SMILES string of the molecule is CC(=O)NC[C@H]1CN(c2ccc(N3CCN(c4ccc(C=C5SC(=S)NC5=O)cc4)CC3)c(F)c2)C(=O)O1. The van der Waals surface area contributed by atoms with Crippen molar-refractivity contribution >= 4 is 69.3 Å². The molecule has 3 aliphatic rings. The minimum atomic E-state index is -0.558. The van der Waals surface area contributed by atoms with Crippen molar-refractivity contribution in [3.63, 3.8) is 0 Å². The Morgan fingerprint density at radius 2 is 1.82 bits per heavy atom. The van der Waals surface area contributed by atoms with Crippen molar-refractivity contribution in [2.24, 2.45) is 0 Å². The van der Waals surface area contributed by atoms with Crippen molar-refractivity contribution in [1.29, 1.82) is 0 Å². The average Bonchev–Trinajstić information content (AvgIpc) is 3.43. The lowest BCUT2D eigenvalue weighted by atomic mass is 10.1. The fourth-order valence-electron chi connectivity index (χ4n) is 4.58. The maximum atomic E-state index is 15.1. The molecule has 198 valence electrons. The van der Waals surface area contributed by atoms with Crippen LogP contribution in [0.4, 0.5) is 26.2 Å². The van der Waals surface area contributed by atoms with Crippen molar-refractivity contribution in [2.75, 3.05) is 54.0 Å². The van der Waals surface area contributed by atoms with Crippen LogP contribution < -0.4 is 25.3 Å². The number of hydrogen-bond acceptors (Lipinski definition) is 8. The highest BCUT2D eigenvalue weighted by Gasteiger charge is 2.33. The molecule has 2 N–H and O–H groups in total. The zero-order chi connectivity index (χ0) is 26.8. The average molecular weight is 556 g/mol. The molecule has 5 rings (SSSR count). The zero-order valence-corrected chi connectivity index (χ0v) is 22.2. The predicted octanol–water partition coefficient (Wildman–Crippen LogP) is 3.10. The van der Waals surface area contributed by atoms with E-state index in [9.17, 15) is 14.4 Å². The van der Waals surface area contributed by atoms with E-state index in [0.717, 1.165) is 24.3 Å². The number of rotatable bonds is 6. The van der Waals surface area contributed by atoms with Crippen LogP contribution in [0.2, 0.25) is 0 Å². The Hall–Kier alpha value is -3.64. The molecule has 3 saturated heterocycles. The van der Waals surface area contributed by atoms with Gasteiger partial charge in [0, 0.05) is 38.8 Å². The van der Waals surface area contributed by atoms with E-state index in [1.54, 1.807) is 12.1 Å². The molecule has 0 radical (unpaired) electrons. The Labute approximate surface area is 229 Å². The van der Waals surface area contributed by atoms with Crippen LogP contribution in [0, 0.1) is 5.82 Å². The summed E-state index contributed by atoms with van der Waals surface area (Å²) >= 11 is 6.29. The number of amides is 3. The van der Waals surface area contributed by atoms with Gasteiger partial charge in [0.15, 0.2) is 0 Å². The number of halogens is 1. The van der Waals surface area contributed by atoms with Crippen molar-refractivity contribution < 1.29 is 23.5 Å². The lowest BCUT2D eigenvalue weighted by Crippen LogP contribution is -2.46. The number of thiocarbonyl (C=S) groups is 1. The van der Waals surface area contributed by atoms with Crippen molar-refractivity contribution in [1.82, 2.24) is 10.6 Å². The standard InChI is InChI=1S/C26H26FN5O4S2/c1-16(33)28-14-20-15-32(26(35)36-20)19-6-7-22(21(27)13-19)31-10-8-30(9-11-31)18-4-2-17(3-5-18)12-23-24(34)29-25(37)38-23/h2-7,12-13,20H,8-11,14-15H2,1H3,(H,28,33)(H,29,34,37)/t20-/m0/s1. The summed E-state index contributed by atoms with van der Waals surface area (Å²) < 4.78 is 20.9. The Kier molecular flexibility index (Phi) is 7.52. The second-order valence-corrected chi connectivity index (χ2v) is 10.8. The molecule has 38 heavy (non-hydrogen) atoms. The number of hydrogen-bond donors (Lipinski definition) is 2. The lowest BCUT2D eigenvalue weighted by Gasteiger charge is -2.37. The van der Waals surface area contributed by atoms with Gasteiger partial charge in [0.1, 0.15) is 16.2 Å². The number of nitrogens with zero attached hydrogens (tertiary/aromatic N) is 3. The smallest absolute Gasteiger partial charge is 0.414 e. The summed E-state index contributed by atoms with van der Waals surface area (Å²) in [5.41, 5.74) is 2.89. The van der Waals surface area contributed by atoms with Gasteiger partial charge in [0.2, 0.25) is 5.91 Å². The summed E-state index contributed by atoms with van der Waals surface area (Å²) in [6.45, 7) is 4.57. The molecule has 0 unspecified atom stereocenters. The van der Waals surface area contributed by atoms with Crippen LogP contribution in [0.3, 0.4) is 0 Å². The summed E-state index contributed by atoms with van der Waals surface area (Å²) in [5, 5.41) is 5.24. The molecule has 9 nitrogen and oxygen atoms in total. The Morgan fingerprint density at radius 3 is 2.45 bits per heavy atom. The van der Waals surface area contributed by atoms with E-state index >= 15 is 4.39 Å². The molecular weight excluding hydrogens is 529 g/mol. The number of nitrogens with one attached hydrogen (secondary N) is 2. The van der Waals surface area contributed by atoms with E-state index in [4.69, 9.17) is 17.0 Å². The zero-order valence-electron chi connectivity index (χ0n) is 20.6. The summed E-state index contributed by atoms with van der Waals surface area (Å²) in [6, 6.07) is 12.7. The van der Waals surface area contributed by atoms with Gasteiger partial charge in [-0.25, -0.2) is 9.18 Å². The van der Waals surface area contributed by atoms with E-state index in [2.05, 4.69) is 15.5 Å². The fraction of sp³-hybridized carbons (Fsp3) is 0.308. The first-order chi connectivity index (χ1) is 18.3. The van der Waals surface area contributed by atoms with Gasteiger partial charge < -0.3 is 25.2 Å². The minimum Gasteiger partial charge on any atom is -0.442 e. The predicted molar refractivity (Wildman–Crippen MR) is 150 cm³/mol. The van der Waals surface area contributed by atoms with E-state index in [1.807, 2.05) is 35.2 Å². The molecule has 0 aliphatic carbocycles. The van der Waals surface area contributed by atoms with Crippen molar-refractivity contribution in [2.45, 2.75) is 13.0 Å². The molecule has 2 aromatic carbocycles. The Bertz CT molecular complexity index is 1310. The quantitative estimate of drug-likeness (QED) is 0.415. The number of piperazine rings is 1. The monoisotopic (exact) mass is 555 g/mol. The molecule has 3 heterocycles. The van der Waals surface area contributed by atoms with Crippen LogP contribution in [-0.4, -0.2) is 67.6 Å². The van der Waals surface area contributed by atoms with Crippen LogP contribution >= 0.6 is 24.0 Å². The summed E-state index contributed by atoms with van der Waals surface area (Å²) in [5.74, 6) is -0.782. The summed E-state index contributed by atoms with van der Waals surface area (Å²) in [4.78, 5) is 41.4. The van der Waals surface area contributed by atoms with Crippen LogP contribution in [0.15, 0.2) is 47.4 Å². The van der Waals surface area contributed by atoms with Crippen molar-refractivity contribution in [3.8, 4) is 0 Å². The van der Waals surface area contributed by atoms with E-state index in [1.165, 1.54) is 29.7 Å². The van der Waals surface area contributed by atoms with Gasteiger partial charge in [-0.15, -0.1) is 0 Å². The van der Waals surface area contributed by atoms with Gasteiger partial charge in [-0.05, 0) is 42.0 Å². The van der Waals surface area contributed by atoms with Gasteiger partial charge in [0.25, 0.3) is 5.91 Å². The topological polar surface area (TPSA) is 94.2 Å². The number of thioether (sulfide) groups is 1. The fourth-order valence-corrected chi connectivity index (χ4v) is 5.62. The van der Waals surface area contributed by atoms with Gasteiger partial charge in [0.05, 0.1) is 29.4 Å². The third kappa shape index (κ3) is 5.76. The summed E-state index contributed by atoms with van der Waals surface area (Å²) in [7, 11) is 0. The Morgan fingerprint density at radius 1 is 1.13 bits per heavy atom. The molecule has 2 aromatic rings. The minimum absolute atomic E-state index is 0.174. The molecule has 0 aromatic heterocycles. The number of carbonyl (C=O) groups excluding carboxylic acids is 3. The number of benzene rings is 2. The lowest BCUT2D eigenvalue weighted by molar-refractivity contribution is -0.119. The highest BCUT2D eigenvalue weighted by molar-refractivity contribution is 8.26. The van der Waals surface area contributed by atoms with Gasteiger partial charge >= 0.3 is 6.09 Å². The first-order valence-corrected chi connectivity index (χ1v) is 13.4. The molecule has 12 heteroatoms.